The van der Waals surface area contributed by atoms with E-state index in [9.17, 15) is 9.59 Å². The van der Waals surface area contributed by atoms with Gasteiger partial charge >= 0.3 is 11.9 Å². The molecule has 5 nitrogen and oxygen atoms in total. The number of aliphatic carboxylic acids is 1. The van der Waals surface area contributed by atoms with Crippen molar-refractivity contribution >= 4 is 11.9 Å². The third kappa shape index (κ3) is 2.60. The molecule has 16 heavy (non-hydrogen) atoms. The highest BCUT2D eigenvalue weighted by atomic mass is 16.5. The molecule has 0 aliphatic heterocycles. The van der Waals surface area contributed by atoms with Gasteiger partial charge in [0.2, 0.25) is 6.10 Å². The van der Waals surface area contributed by atoms with E-state index >= 15 is 0 Å². The van der Waals surface area contributed by atoms with E-state index in [2.05, 4.69) is 6.58 Å². The second-order valence-electron chi connectivity index (χ2n) is 2.91. The van der Waals surface area contributed by atoms with Gasteiger partial charge in [0.15, 0.2) is 0 Å². The third-order valence-corrected chi connectivity index (χ3v) is 1.83. The number of ether oxygens (including phenoxy) is 1. The zero-order chi connectivity index (χ0) is 12.1. The summed E-state index contributed by atoms with van der Waals surface area (Å²) in [4.78, 5) is 21.5. The molecule has 0 aromatic heterocycles. The first kappa shape index (κ1) is 11.8. The molecule has 1 atom stereocenters. The van der Waals surface area contributed by atoms with E-state index in [-0.39, 0.29) is 11.3 Å². The Morgan fingerprint density at radius 1 is 1.31 bits per heavy atom. The van der Waals surface area contributed by atoms with Crippen LogP contribution in [0.5, 0.6) is 5.75 Å². The first-order valence-electron chi connectivity index (χ1n) is 4.40. The van der Waals surface area contributed by atoms with Crippen molar-refractivity contribution in [1.82, 2.24) is 0 Å². The smallest absolute Gasteiger partial charge is 0.349 e. The van der Waals surface area contributed by atoms with Crippen LogP contribution in [0.2, 0.25) is 0 Å². The van der Waals surface area contributed by atoms with Crippen LogP contribution >= 0.6 is 0 Å². The Bertz CT molecular complexity index is 424. The van der Waals surface area contributed by atoms with Gasteiger partial charge in [-0.05, 0) is 18.2 Å². The Labute approximate surface area is 91.6 Å². The van der Waals surface area contributed by atoms with Crippen LogP contribution in [-0.2, 0) is 4.79 Å². The maximum absolute atomic E-state index is 10.8. The molecule has 0 saturated heterocycles. The van der Waals surface area contributed by atoms with E-state index in [1.165, 1.54) is 18.2 Å². The minimum atomic E-state index is -1.26. The summed E-state index contributed by atoms with van der Waals surface area (Å²) in [5.41, 5.74) is -0.0874. The fraction of sp³-hybridized carbons (Fsp3) is 0.0909. The van der Waals surface area contributed by atoms with Gasteiger partial charge in [0, 0.05) is 0 Å². The molecule has 1 unspecified atom stereocenters. The van der Waals surface area contributed by atoms with Crippen molar-refractivity contribution < 1.29 is 24.5 Å². The van der Waals surface area contributed by atoms with Gasteiger partial charge in [-0.1, -0.05) is 18.7 Å². The van der Waals surface area contributed by atoms with Crippen LogP contribution in [0.4, 0.5) is 0 Å². The summed E-state index contributed by atoms with van der Waals surface area (Å²) in [6.07, 6.45) is -0.179. The topological polar surface area (TPSA) is 83.8 Å². The summed E-state index contributed by atoms with van der Waals surface area (Å²) >= 11 is 0. The summed E-state index contributed by atoms with van der Waals surface area (Å²) in [6.45, 7) is 3.30. The number of carboxylic acids is 2. The SMILES string of the molecule is C=CC(Oc1ccccc1C(=O)O)C(=O)O. The van der Waals surface area contributed by atoms with E-state index in [4.69, 9.17) is 14.9 Å². The van der Waals surface area contributed by atoms with E-state index in [1.54, 1.807) is 6.07 Å². The minimum absolute atomic E-state index is 0.00213. The van der Waals surface area contributed by atoms with Crippen molar-refractivity contribution in [2.24, 2.45) is 0 Å². The van der Waals surface area contributed by atoms with Crippen molar-refractivity contribution in [2.75, 3.05) is 0 Å². The van der Waals surface area contributed by atoms with Gasteiger partial charge in [-0.15, -0.1) is 0 Å². The number of hydrogen-bond donors (Lipinski definition) is 2. The quantitative estimate of drug-likeness (QED) is 0.735. The molecule has 0 spiro atoms. The first-order valence-corrected chi connectivity index (χ1v) is 4.40. The van der Waals surface area contributed by atoms with Crippen LogP contribution in [0.25, 0.3) is 0 Å². The van der Waals surface area contributed by atoms with Crippen molar-refractivity contribution in [3.05, 3.63) is 42.5 Å². The number of carboxylic acid groups (broad SMARTS) is 2. The minimum Gasteiger partial charge on any atom is -0.478 e. The largest absolute Gasteiger partial charge is 0.478 e. The lowest BCUT2D eigenvalue weighted by Gasteiger charge is -2.12. The zero-order valence-electron chi connectivity index (χ0n) is 8.29. The van der Waals surface area contributed by atoms with Crippen LogP contribution in [0.1, 0.15) is 10.4 Å². The molecule has 0 bridgehead atoms. The number of para-hydroxylation sites is 1. The Hall–Kier alpha value is -2.30. The number of hydrogen-bond acceptors (Lipinski definition) is 3. The maximum atomic E-state index is 10.8. The fourth-order valence-corrected chi connectivity index (χ4v) is 1.08. The molecular formula is C11H10O5. The molecule has 0 heterocycles. The molecule has 0 fully saturated rings. The maximum Gasteiger partial charge on any atom is 0.349 e. The van der Waals surface area contributed by atoms with E-state index in [0.717, 1.165) is 6.08 Å². The van der Waals surface area contributed by atoms with Crippen molar-refractivity contribution in [3.63, 3.8) is 0 Å². The van der Waals surface area contributed by atoms with Gasteiger partial charge in [-0.2, -0.15) is 0 Å². The van der Waals surface area contributed by atoms with Gasteiger partial charge in [0.25, 0.3) is 0 Å². The molecule has 2 N–H and O–H groups in total. The lowest BCUT2D eigenvalue weighted by Crippen LogP contribution is -2.25. The second-order valence-corrected chi connectivity index (χ2v) is 2.91. The number of rotatable bonds is 5. The second kappa shape index (κ2) is 4.97. The molecule has 1 aromatic rings. The van der Waals surface area contributed by atoms with Crippen LogP contribution in [0.3, 0.4) is 0 Å². The Balaban J connectivity index is 3.00. The van der Waals surface area contributed by atoms with Crippen LogP contribution in [0, 0.1) is 0 Å². The van der Waals surface area contributed by atoms with E-state index < -0.39 is 18.0 Å². The highest BCUT2D eigenvalue weighted by Gasteiger charge is 2.18. The lowest BCUT2D eigenvalue weighted by atomic mass is 10.2. The molecule has 0 aliphatic rings. The summed E-state index contributed by atoms with van der Waals surface area (Å²) in [6, 6.07) is 5.81. The number of benzene rings is 1. The van der Waals surface area contributed by atoms with E-state index in [0.29, 0.717) is 0 Å². The zero-order valence-corrected chi connectivity index (χ0v) is 8.29. The Kier molecular flexibility index (Phi) is 3.66. The molecular weight excluding hydrogens is 212 g/mol. The Morgan fingerprint density at radius 2 is 1.94 bits per heavy atom. The van der Waals surface area contributed by atoms with Gasteiger partial charge in [0.05, 0.1) is 0 Å². The fourth-order valence-electron chi connectivity index (χ4n) is 1.08. The normalized spacial score (nSPS) is 11.5. The lowest BCUT2D eigenvalue weighted by molar-refractivity contribution is -0.142. The van der Waals surface area contributed by atoms with Crippen molar-refractivity contribution in [1.29, 1.82) is 0 Å². The van der Waals surface area contributed by atoms with Gasteiger partial charge < -0.3 is 14.9 Å². The van der Waals surface area contributed by atoms with Crippen LogP contribution in [-0.4, -0.2) is 28.3 Å². The molecule has 0 amide bonds. The highest BCUT2D eigenvalue weighted by molar-refractivity contribution is 5.91. The predicted octanol–water partition coefficient (Wildman–Crippen LogP) is 1.40. The summed E-state index contributed by atoms with van der Waals surface area (Å²) in [5, 5.41) is 17.6. The summed E-state index contributed by atoms with van der Waals surface area (Å²) in [5.74, 6) is -2.40. The van der Waals surface area contributed by atoms with Crippen LogP contribution in [0.15, 0.2) is 36.9 Å². The van der Waals surface area contributed by atoms with Crippen LogP contribution < -0.4 is 4.74 Å². The molecule has 5 heteroatoms. The average Bonchev–Trinajstić information content (AvgIpc) is 2.25. The van der Waals surface area contributed by atoms with Gasteiger partial charge in [-0.3, -0.25) is 0 Å². The number of carbonyl (C=O) groups is 2. The highest BCUT2D eigenvalue weighted by Crippen LogP contribution is 2.19. The Morgan fingerprint density at radius 3 is 2.44 bits per heavy atom. The standard InChI is InChI=1S/C11H10O5/c1-2-8(11(14)15)16-9-6-4-3-5-7(9)10(12)13/h2-6,8H,1H2,(H,12,13)(H,14,15). The molecule has 1 aromatic carbocycles. The molecule has 1 rings (SSSR count). The molecule has 0 saturated carbocycles. The first-order chi connectivity index (χ1) is 7.56. The van der Waals surface area contributed by atoms with Crippen molar-refractivity contribution in [2.45, 2.75) is 6.10 Å². The summed E-state index contributed by atoms with van der Waals surface area (Å²) < 4.78 is 5.02. The van der Waals surface area contributed by atoms with E-state index in [1.807, 2.05) is 0 Å². The average molecular weight is 222 g/mol. The monoisotopic (exact) mass is 222 g/mol. The predicted molar refractivity (Wildman–Crippen MR) is 55.7 cm³/mol. The van der Waals surface area contributed by atoms with Gasteiger partial charge in [0.1, 0.15) is 11.3 Å². The molecule has 0 radical (unpaired) electrons. The third-order valence-electron chi connectivity index (χ3n) is 1.83. The number of aromatic carboxylic acids is 1. The van der Waals surface area contributed by atoms with Crippen molar-refractivity contribution in [3.8, 4) is 5.75 Å². The van der Waals surface area contributed by atoms with Gasteiger partial charge in [-0.25, -0.2) is 9.59 Å². The summed E-state index contributed by atoms with van der Waals surface area (Å²) in [7, 11) is 0. The molecule has 84 valence electrons. The molecule has 0 aliphatic carbocycles.